The van der Waals surface area contributed by atoms with Crippen molar-refractivity contribution in [3.8, 4) is 11.5 Å². The highest BCUT2D eigenvalue weighted by Crippen LogP contribution is 2.28. The van der Waals surface area contributed by atoms with Crippen LogP contribution in [0.4, 0.5) is 5.69 Å². The molecule has 2 rings (SSSR count). The van der Waals surface area contributed by atoms with Gasteiger partial charge in [-0.15, -0.1) is 0 Å². The predicted octanol–water partition coefficient (Wildman–Crippen LogP) is 1.34. The summed E-state index contributed by atoms with van der Waals surface area (Å²) < 4.78 is 16.2. The number of rotatable bonds is 12. The smallest absolute Gasteiger partial charge is 0.338 e. The van der Waals surface area contributed by atoms with Crippen molar-refractivity contribution in [2.24, 2.45) is 0 Å². The zero-order valence-electron chi connectivity index (χ0n) is 17.3. The van der Waals surface area contributed by atoms with Crippen LogP contribution in [0.15, 0.2) is 42.5 Å². The van der Waals surface area contributed by atoms with Gasteiger partial charge in [-0.2, -0.15) is 0 Å². The highest BCUT2D eigenvalue weighted by molar-refractivity contribution is 5.93. The molecule has 2 aromatic carbocycles. The van der Waals surface area contributed by atoms with Gasteiger partial charge in [-0.1, -0.05) is 0 Å². The highest BCUT2D eigenvalue weighted by atomic mass is 16.5. The second-order valence-corrected chi connectivity index (χ2v) is 6.35. The molecule has 4 N–H and O–H groups in total. The Labute approximate surface area is 176 Å². The summed E-state index contributed by atoms with van der Waals surface area (Å²) in [5.74, 6) is 0.316. The van der Waals surface area contributed by atoms with Gasteiger partial charge in [0, 0.05) is 11.3 Å². The van der Waals surface area contributed by atoms with E-state index < -0.39 is 5.97 Å². The molecule has 8 heteroatoms. The Balaban J connectivity index is 1.92. The van der Waals surface area contributed by atoms with Gasteiger partial charge in [0.25, 0.3) is 5.91 Å². The van der Waals surface area contributed by atoms with Crippen LogP contribution < -0.4 is 20.1 Å². The normalized spacial score (nSPS) is 10.4. The number of aliphatic hydroxyl groups excluding tert-OH is 1. The van der Waals surface area contributed by atoms with Crippen molar-refractivity contribution in [3.63, 3.8) is 0 Å². The number of hydrogen-bond donors (Lipinski definition) is 3. The van der Waals surface area contributed by atoms with Gasteiger partial charge in [-0.05, 0) is 56.3 Å². The quantitative estimate of drug-likeness (QED) is 0.355. The molecule has 0 atom stereocenters. The third-order valence-corrected chi connectivity index (χ3v) is 4.06. The SMILES string of the molecule is CCOC(=O)c1ccc(NC(=O)COc2ccc(C[NH2+]CCO)cc2OCC)cc1. The minimum atomic E-state index is -0.403. The summed E-state index contributed by atoms with van der Waals surface area (Å²) in [6, 6.07) is 12.0. The summed E-state index contributed by atoms with van der Waals surface area (Å²) in [7, 11) is 0. The van der Waals surface area contributed by atoms with Crippen molar-refractivity contribution in [1.29, 1.82) is 0 Å². The summed E-state index contributed by atoms with van der Waals surface area (Å²) in [6.07, 6.45) is 0. The second-order valence-electron chi connectivity index (χ2n) is 6.35. The molecule has 0 aliphatic heterocycles. The van der Waals surface area contributed by atoms with E-state index in [0.717, 1.165) is 5.56 Å². The topological polar surface area (TPSA) is 111 Å². The number of amides is 1. The Morgan fingerprint density at radius 1 is 1.00 bits per heavy atom. The number of nitrogens with one attached hydrogen (secondary N) is 1. The number of hydrogen-bond acceptors (Lipinski definition) is 6. The van der Waals surface area contributed by atoms with E-state index in [2.05, 4.69) is 5.32 Å². The first-order valence-electron chi connectivity index (χ1n) is 9.95. The Kier molecular flexibility index (Phi) is 9.63. The lowest BCUT2D eigenvalue weighted by Crippen LogP contribution is -2.83. The molecule has 0 spiro atoms. The molecular weight excluding hydrogens is 388 g/mol. The van der Waals surface area contributed by atoms with Crippen LogP contribution in [0.25, 0.3) is 0 Å². The number of aliphatic hydroxyl groups is 1. The average molecular weight is 417 g/mol. The van der Waals surface area contributed by atoms with E-state index in [9.17, 15) is 9.59 Å². The maximum absolute atomic E-state index is 12.2. The lowest BCUT2D eigenvalue weighted by Gasteiger charge is -2.13. The summed E-state index contributed by atoms with van der Waals surface area (Å²) in [4.78, 5) is 23.9. The van der Waals surface area contributed by atoms with E-state index in [4.69, 9.17) is 19.3 Å². The van der Waals surface area contributed by atoms with Gasteiger partial charge in [0.2, 0.25) is 0 Å². The summed E-state index contributed by atoms with van der Waals surface area (Å²) in [5, 5.41) is 13.6. The lowest BCUT2D eigenvalue weighted by atomic mass is 10.2. The van der Waals surface area contributed by atoms with Gasteiger partial charge in [0.1, 0.15) is 6.54 Å². The van der Waals surface area contributed by atoms with E-state index in [0.29, 0.717) is 49.1 Å². The van der Waals surface area contributed by atoms with Crippen LogP contribution in [0.5, 0.6) is 11.5 Å². The van der Waals surface area contributed by atoms with E-state index in [-0.39, 0.29) is 19.1 Å². The molecule has 8 nitrogen and oxygen atoms in total. The Morgan fingerprint density at radius 2 is 1.77 bits per heavy atom. The molecule has 0 aliphatic rings. The van der Waals surface area contributed by atoms with Crippen molar-refractivity contribution in [3.05, 3.63) is 53.6 Å². The molecule has 0 unspecified atom stereocenters. The zero-order chi connectivity index (χ0) is 21.8. The fourth-order valence-corrected chi connectivity index (χ4v) is 2.67. The standard InChI is InChI=1S/C22H28N2O6/c1-3-28-20-13-16(14-23-11-12-25)5-10-19(20)30-15-21(26)24-18-8-6-17(7-9-18)22(27)29-4-2/h5-10,13,23,25H,3-4,11-12,14-15H2,1-2H3,(H,24,26)/p+1. The van der Waals surface area contributed by atoms with Gasteiger partial charge in [-0.3, -0.25) is 4.79 Å². The second kappa shape index (κ2) is 12.5. The van der Waals surface area contributed by atoms with Crippen LogP contribution >= 0.6 is 0 Å². The molecule has 0 aliphatic carbocycles. The van der Waals surface area contributed by atoms with E-state index in [1.807, 2.05) is 24.4 Å². The summed E-state index contributed by atoms with van der Waals surface area (Å²) in [5.41, 5.74) is 2.01. The van der Waals surface area contributed by atoms with Gasteiger partial charge in [0.05, 0.1) is 31.9 Å². The Hall–Kier alpha value is -3.10. The number of esters is 1. The number of ether oxygens (including phenoxy) is 3. The number of nitrogens with two attached hydrogens (primary N) is 1. The number of benzene rings is 2. The number of quaternary nitrogens is 1. The van der Waals surface area contributed by atoms with Gasteiger partial charge in [0.15, 0.2) is 18.1 Å². The van der Waals surface area contributed by atoms with Gasteiger partial charge >= 0.3 is 5.97 Å². The van der Waals surface area contributed by atoms with Crippen LogP contribution in [0, 0.1) is 0 Å². The third kappa shape index (κ3) is 7.38. The molecular formula is C22H29N2O6+. The first-order chi connectivity index (χ1) is 14.6. The molecule has 0 heterocycles. The lowest BCUT2D eigenvalue weighted by molar-refractivity contribution is -0.671. The first-order valence-corrected chi connectivity index (χ1v) is 9.95. The summed E-state index contributed by atoms with van der Waals surface area (Å²) >= 11 is 0. The molecule has 0 fully saturated rings. The average Bonchev–Trinajstić information content (AvgIpc) is 2.74. The molecule has 30 heavy (non-hydrogen) atoms. The van der Waals surface area contributed by atoms with Crippen LogP contribution in [-0.4, -0.2) is 50.0 Å². The van der Waals surface area contributed by atoms with Crippen molar-refractivity contribution in [2.75, 3.05) is 38.3 Å². The van der Waals surface area contributed by atoms with E-state index in [1.165, 1.54) is 0 Å². The predicted molar refractivity (Wildman–Crippen MR) is 112 cm³/mol. The largest absolute Gasteiger partial charge is 0.490 e. The molecule has 2 aromatic rings. The molecule has 0 radical (unpaired) electrons. The van der Waals surface area contributed by atoms with Crippen LogP contribution in [0.1, 0.15) is 29.8 Å². The fraction of sp³-hybridized carbons (Fsp3) is 0.364. The maximum atomic E-state index is 12.2. The highest BCUT2D eigenvalue weighted by Gasteiger charge is 2.11. The number of anilines is 1. The molecule has 1 amide bonds. The fourth-order valence-electron chi connectivity index (χ4n) is 2.67. The van der Waals surface area contributed by atoms with Crippen molar-refractivity contribution in [1.82, 2.24) is 0 Å². The van der Waals surface area contributed by atoms with Crippen LogP contribution in [-0.2, 0) is 16.1 Å². The molecule has 0 bridgehead atoms. The number of carbonyl (C=O) groups excluding carboxylic acids is 2. The molecule has 0 aromatic heterocycles. The van der Waals surface area contributed by atoms with Gasteiger partial charge < -0.3 is 30.0 Å². The van der Waals surface area contributed by atoms with E-state index >= 15 is 0 Å². The zero-order valence-corrected chi connectivity index (χ0v) is 17.3. The third-order valence-electron chi connectivity index (χ3n) is 4.06. The molecule has 0 saturated carbocycles. The van der Waals surface area contributed by atoms with E-state index in [1.54, 1.807) is 37.3 Å². The monoisotopic (exact) mass is 417 g/mol. The summed E-state index contributed by atoms with van der Waals surface area (Å²) in [6.45, 7) is 5.68. The van der Waals surface area contributed by atoms with Crippen molar-refractivity contribution >= 4 is 17.6 Å². The van der Waals surface area contributed by atoms with Crippen LogP contribution in [0.3, 0.4) is 0 Å². The molecule has 162 valence electrons. The van der Waals surface area contributed by atoms with Crippen molar-refractivity contribution in [2.45, 2.75) is 20.4 Å². The maximum Gasteiger partial charge on any atom is 0.338 e. The minimum Gasteiger partial charge on any atom is -0.490 e. The Morgan fingerprint density at radius 3 is 2.43 bits per heavy atom. The minimum absolute atomic E-state index is 0.125. The van der Waals surface area contributed by atoms with Gasteiger partial charge in [-0.25, -0.2) is 4.79 Å². The molecule has 0 saturated heterocycles. The van der Waals surface area contributed by atoms with Crippen LogP contribution in [0.2, 0.25) is 0 Å². The number of carbonyl (C=O) groups is 2. The Bertz CT molecular complexity index is 823. The first kappa shape index (κ1) is 23.2. The van der Waals surface area contributed by atoms with Crippen molar-refractivity contribution < 1.29 is 34.2 Å².